The number of nitrogens with two attached hydrogens (primary N) is 1. The zero-order valence-corrected chi connectivity index (χ0v) is 11.1. The molecule has 2 rings (SSSR count). The fraction of sp³-hybridized carbons (Fsp3) is 0.571. The van der Waals surface area contributed by atoms with Crippen LogP contribution in [0.5, 0.6) is 0 Å². The minimum atomic E-state index is 0.232. The van der Waals surface area contributed by atoms with Gasteiger partial charge in [-0.25, -0.2) is 0 Å². The molecular formula is C14H21ClN2. The van der Waals surface area contributed by atoms with Crippen molar-refractivity contribution in [3.63, 3.8) is 0 Å². The van der Waals surface area contributed by atoms with E-state index in [-0.39, 0.29) is 6.04 Å². The fourth-order valence-corrected chi connectivity index (χ4v) is 3.14. The lowest BCUT2D eigenvalue weighted by Crippen LogP contribution is -2.29. The summed E-state index contributed by atoms with van der Waals surface area (Å²) in [7, 11) is 0. The number of nitrogens with one attached hydrogen (secondary N) is 1. The van der Waals surface area contributed by atoms with Crippen molar-refractivity contribution < 1.29 is 0 Å². The summed E-state index contributed by atoms with van der Waals surface area (Å²) in [4.78, 5) is 0. The van der Waals surface area contributed by atoms with Crippen LogP contribution in [0, 0.1) is 12.8 Å². The van der Waals surface area contributed by atoms with Crippen LogP contribution >= 0.6 is 11.6 Å². The molecule has 1 saturated carbocycles. The molecule has 0 aromatic heterocycles. The summed E-state index contributed by atoms with van der Waals surface area (Å²) >= 11 is 6.10. The molecule has 17 heavy (non-hydrogen) atoms. The summed E-state index contributed by atoms with van der Waals surface area (Å²) in [6.07, 6.45) is 6.55. The lowest BCUT2D eigenvalue weighted by atomic mass is 9.93. The van der Waals surface area contributed by atoms with Gasteiger partial charge in [0, 0.05) is 11.1 Å². The van der Waals surface area contributed by atoms with Gasteiger partial charge in [-0.3, -0.25) is 11.3 Å². The third kappa shape index (κ3) is 3.44. The van der Waals surface area contributed by atoms with Gasteiger partial charge in [0.2, 0.25) is 0 Å². The number of hydrogen-bond acceptors (Lipinski definition) is 2. The average Bonchev–Trinajstić information content (AvgIpc) is 2.77. The normalized spacial score (nSPS) is 18.5. The van der Waals surface area contributed by atoms with Gasteiger partial charge < -0.3 is 0 Å². The molecule has 3 N–H and O–H groups in total. The molecule has 0 saturated heterocycles. The highest BCUT2D eigenvalue weighted by Gasteiger charge is 2.20. The molecule has 1 unspecified atom stereocenters. The van der Waals surface area contributed by atoms with Crippen LogP contribution in [0.1, 0.15) is 49.3 Å². The Morgan fingerprint density at radius 2 is 2.06 bits per heavy atom. The Morgan fingerprint density at radius 3 is 2.65 bits per heavy atom. The predicted octanol–water partition coefficient (Wildman–Crippen LogP) is 3.73. The minimum Gasteiger partial charge on any atom is -0.271 e. The van der Waals surface area contributed by atoms with Crippen molar-refractivity contribution in [2.45, 2.75) is 45.1 Å². The number of hydrogen-bond donors (Lipinski definition) is 2. The van der Waals surface area contributed by atoms with E-state index in [1.54, 1.807) is 0 Å². The first-order valence-corrected chi connectivity index (χ1v) is 6.80. The quantitative estimate of drug-likeness (QED) is 0.633. The Morgan fingerprint density at radius 1 is 1.35 bits per heavy atom. The van der Waals surface area contributed by atoms with Crippen LogP contribution < -0.4 is 11.3 Å². The number of aryl methyl sites for hydroxylation is 1. The molecule has 94 valence electrons. The van der Waals surface area contributed by atoms with Crippen molar-refractivity contribution in [3.05, 3.63) is 34.3 Å². The van der Waals surface area contributed by atoms with Gasteiger partial charge in [-0.05, 0) is 42.5 Å². The SMILES string of the molecule is Cc1cc(Cl)cc(C(CC2CCCC2)NN)c1. The Balaban J connectivity index is 2.10. The van der Waals surface area contributed by atoms with Gasteiger partial charge in [0.15, 0.2) is 0 Å². The lowest BCUT2D eigenvalue weighted by molar-refractivity contribution is 0.400. The van der Waals surface area contributed by atoms with Gasteiger partial charge in [0.1, 0.15) is 0 Å². The summed E-state index contributed by atoms with van der Waals surface area (Å²) in [6.45, 7) is 2.07. The summed E-state index contributed by atoms with van der Waals surface area (Å²) in [5.41, 5.74) is 5.35. The predicted molar refractivity (Wildman–Crippen MR) is 72.8 cm³/mol. The number of hydrazine groups is 1. The molecule has 1 aliphatic carbocycles. The van der Waals surface area contributed by atoms with Crippen molar-refractivity contribution in [3.8, 4) is 0 Å². The van der Waals surface area contributed by atoms with E-state index in [4.69, 9.17) is 17.4 Å². The molecule has 1 fully saturated rings. The highest BCUT2D eigenvalue weighted by molar-refractivity contribution is 6.30. The molecule has 1 aromatic carbocycles. The van der Waals surface area contributed by atoms with E-state index in [1.165, 1.54) is 36.8 Å². The zero-order valence-electron chi connectivity index (χ0n) is 10.4. The summed E-state index contributed by atoms with van der Waals surface area (Å²) in [5.74, 6) is 6.51. The second-order valence-electron chi connectivity index (χ2n) is 5.17. The summed E-state index contributed by atoms with van der Waals surface area (Å²) in [5, 5.41) is 0.798. The van der Waals surface area contributed by atoms with Crippen LogP contribution in [0.3, 0.4) is 0 Å². The molecule has 0 spiro atoms. The van der Waals surface area contributed by atoms with Crippen LogP contribution in [0.25, 0.3) is 0 Å². The second kappa shape index (κ2) is 5.85. The van der Waals surface area contributed by atoms with Gasteiger partial charge in [-0.1, -0.05) is 43.4 Å². The number of benzene rings is 1. The highest BCUT2D eigenvalue weighted by Crippen LogP contribution is 2.33. The Kier molecular flexibility index (Phi) is 4.43. The van der Waals surface area contributed by atoms with E-state index >= 15 is 0 Å². The lowest BCUT2D eigenvalue weighted by Gasteiger charge is -2.20. The molecule has 1 atom stereocenters. The molecule has 1 aromatic rings. The molecule has 1 aliphatic rings. The third-order valence-corrected chi connectivity index (χ3v) is 3.93. The standard InChI is InChI=1S/C14H21ClN2/c1-10-6-12(9-13(15)7-10)14(17-16)8-11-4-2-3-5-11/h6-7,9,11,14,17H,2-5,8,16H2,1H3. The van der Waals surface area contributed by atoms with Gasteiger partial charge in [-0.2, -0.15) is 0 Å². The molecule has 0 amide bonds. The fourth-order valence-electron chi connectivity index (χ4n) is 2.85. The molecule has 0 heterocycles. The monoisotopic (exact) mass is 252 g/mol. The van der Waals surface area contributed by atoms with Crippen LogP contribution in [0.4, 0.5) is 0 Å². The molecule has 3 heteroatoms. The van der Waals surface area contributed by atoms with E-state index in [0.29, 0.717) is 0 Å². The Bertz CT molecular complexity index is 352. The summed E-state index contributed by atoms with van der Waals surface area (Å²) in [6, 6.07) is 6.41. The van der Waals surface area contributed by atoms with Crippen LogP contribution in [-0.2, 0) is 0 Å². The van der Waals surface area contributed by atoms with Gasteiger partial charge in [0.25, 0.3) is 0 Å². The first kappa shape index (κ1) is 12.9. The molecule has 2 nitrogen and oxygen atoms in total. The topological polar surface area (TPSA) is 38.0 Å². The molecule has 0 bridgehead atoms. The van der Waals surface area contributed by atoms with E-state index in [2.05, 4.69) is 18.4 Å². The minimum absolute atomic E-state index is 0.232. The third-order valence-electron chi connectivity index (χ3n) is 3.71. The Hall–Kier alpha value is -0.570. The van der Waals surface area contributed by atoms with E-state index in [1.807, 2.05) is 12.1 Å². The highest BCUT2D eigenvalue weighted by atomic mass is 35.5. The first-order valence-electron chi connectivity index (χ1n) is 6.42. The molecule has 0 aliphatic heterocycles. The maximum atomic E-state index is 6.10. The van der Waals surface area contributed by atoms with Crippen molar-refractivity contribution in [2.75, 3.05) is 0 Å². The number of rotatable bonds is 4. The van der Waals surface area contributed by atoms with Crippen molar-refractivity contribution in [1.29, 1.82) is 0 Å². The van der Waals surface area contributed by atoms with Crippen molar-refractivity contribution in [2.24, 2.45) is 11.8 Å². The Labute approximate surface area is 109 Å². The average molecular weight is 253 g/mol. The maximum Gasteiger partial charge on any atom is 0.0463 e. The summed E-state index contributed by atoms with van der Waals surface area (Å²) < 4.78 is 0. The van der Waals surface area contributed by atoms with Gasteiger partial charge in [0.05, 0.1) is 0 Å². The van der Waals surface area contributed by atoms with Crippen LogP contribution in [-0.4, -0.2) is 0 Å². The molecular weight excluding hydrogens is 232 g/mol. The first-order chi connectivity index (χ1) is 8.19. The van der Waals surface area contributed by atoms with E-state index in [9.17, 15) is 0 Å². The van der Waals surface area contributed by atoms with Gasteiger partial charge in [-0.15, -0.1) is 0 Å². The smallest absolute Gasteiger partial charge is 0.0463 e. The van der Waals surface area contributed by atoms with Crippen LogP contribution in [0.2, 0.25) is 5.02 Å². The second-order valence-corrected chi connectivity index (χ2v) is 5.60. The van der Waals surface area contributed by atoms with E-state index < -0.39 is 0 Å². The van der Waals surface area contributed by atoms with Crippen molar-refractivity contribution >= 4 is 11.6 Å². The van der Waals surface area contributed by atoms with E-state index in [0.717, 1.165) is 17.4 Å². The number of halogens is 1. The largest absolute Gasteiger partial charge is 0.271 e. The van der Waals surface area contributed by atoms with Crippen molar-refractivity contribution in [1.82, 2.24) is 5.43 Å². The molecule has 0 radical (unpaired) electrons. The zero-order chi connectivity index (χ0) is 12.3. The van der Waals surface area contributed by atoms with Crippen LogP contribution in [0.15, 0.2) is 18.2 Å². The maximum absolute atomic E-state index is 6.10. The van der Waals surface area contributed by atoms with Gasteiger partial charge >= 0.3 is 0 Å².